The molecule has 90 valence electrons. The lowest BCUT2D eigenvalue weighted by Crippen LogP contribution is -2.54. The van der Waals surface area contributed by atoms with Crippen LogP contribution in [-0.2, 0) is 6.54 Å². The molecule has 0 spiro atoms. The highest BCUT2D eigenvalue weighted by Crippen LogP contribution is 2.18. The molecule has 2 unspecified atom stereocenters. The van der Waals surface area contributed by atoms with E-state index in [-0.39, 0.29) is 0 Å². The maximum atomic E-state index is 4.32. The van der Waals surface area contributed by atoms with E-state index in [9.17, 15) is 0 Å². The summed E-state index contributed by atoms with van der Waals surface area (Å²) in [6, 6.07) is 1.29. The van der Waals surface area contributed by atoms with Gasteiger partial charge in [0.2, 0.25) is 0 Å². The van der Waals surface area contributed by atoms with Gasteiger partial charge in [-0.25, -0.2) is 4.98 Å². The Labute approximate surface area is 102 Å². The van der Waals surface area contributed by atoms with Crippen molar-refractivity contribution in [1.82, 2.24) is 15.2 Å². The second-order valence-electron chi connectivity index (χ2n) is 4.65. The summed E-state index contributed by atoms with van der Waals surface area (Å²) >= 11 is 1.78. The minimum Gasteiger partial charge on any atom is -0.311 e. The summed E-state index contributed by atoms with van der Waals surface area (Å²) in [4.78, 5) is 8.32. The summed E-state index contributed by atoms with van der Waals surface area (Å²) in [6.07, 6.45) is 1.21. The van der Waals surface area contributed by atoms with Crippen molar-refractivity contribution in [2.45, 2.75) is 45.8 Å². The summed E-state index contributed by atoms with van der Waals surface area (Å²) in [7, 11) is 0. The van der Waals surface area contributed by atoms with Crippen molar-refractivity contribution in [3.05, 3.63) is 16.1 Å². The fourth-order valence-electron chi connectivity index (χ4n) is 2.15. The molecule has 1 aliphatic heterocycles. The number of nitrogens with zero attached hydrogens (tertiary/aromatic N) is 2. The molecule has 1 N–H and O–H groups in total. The molecule has 3 nitrogen and oxygen atoms in total. The van der Waals surface area contributed by atoms with Gasteiger partial charge in [-0.3, -0.25) is 4.90 Å². The third kappa shape index (κ3) is 2.62. The van der Waals surface area contributed by atoms with Gasteiger partial charge in [0.15, 0.2) is 0 Å². The Hall–Kier alpha value is -0.450. The lowest BCUT2D eigenvalue weighted by Gasteiger charge is -2.38. The van der Waals surface area contributed by atoms with Gasteiger partial charge in [-0.1, -0.05) is 6.92 Å². The Morgan fingerprint density at radius 1 is 1.62 bits per heavy atom. The smallest absolute Gasteiger partial charge is 0.0798 e. The minimum atomic E-state index is 0.629. The first-order valence-electron chi connectivity index (χ1n) is 6.07. The Kier molecular flexibility index (Phi) is 3.95. The van der Waals surface area contributed by atoms with Gasteiger partial charge in [0.1, 0.15) is 0 Å². The van der Waals surface area contributed by atoms with Crippen LogP contribution in [0.4, 0.5) is 0 Å². The van der Waals surface area contributed by atoms with Gasteiger partial charge in [0, 0.05) is 36.6 Å². The zero-order valence-corrected chi connectivity index (χ0v) is 11.2. The third-order valence-electron chi connectivity index (χ3n) is 3.46. The molecule has 2 atom stereocenters. The van der Waals surface area contributed by atoms with Crippen molar-refractivity contribution >= 4 is 11.3 Å². The third-order valence-corrected chi connectivity index (χ3v) is 4.38. The SMILES string of the molecule is CCC1CN(Cc2scnc2C)C(C)CN1. The molecule has 0 aliphatic carbocycles. The molecular formula is C12H21N3S. The van der Waals surface area contributed by atoms with Crippen molar-refractivity contribution < 1.29 is 0 Å². The maximum absolute atomic E-state index is 4.32. The monoisotopic (exact) mass is 239 g/mol. The van der Waals surface area contributed by atoms with Gasteiger partial charge in [0.25, 0.3) is 0 Å². The summed E-state index contributed by atoms with van der Waals surface area (Å²) < 4.78 is 0. The highest BCUT2D eigenvalue weighted by atomic mass is 32.1. The van der Waals surface area contributed by atoms with Gasteiger partial charge < -0.3 is 5.32 Å². The summed E-state index contributed by atoms with van der Waals surface area (Å²) in [5.74, 6) is 0. The Balaban J connectivity index is 1.99. The van der Waals surface area contributed by atoms with Crippen LogP contribution >= 0.6 is 11.3 Å². The normalized spacial score (nSPS) is 27.2. The zero-order valence-electron chi connectivity index (χ0n) is 10.4. The molecule has 1 fully saturated rings. The van der Waals surface area contributed by atoms with Crippen LogP contribution in [0.25, 0.3) is 0 Å². The fraction of sp³-hybridized carbons (Fsp3) is 0.750. The second-order valence-corrected chi connectivity index (χ2v) is 5.59. The van der Waals surface area contributed by atoms with Crippen LogP contribution in [0.2, 0.25) is 0 Å². The average Bonchev–Trinajstić information content (AvgIpc) is 2.68. The molecular weight excluding hydrogens is 218 g/mol. The molecule has 1 aromatic rings. The Morgan fingerprint density at radius 2 is 2.44 bits per heavy atom. The molecule has 1 aliphatic rings. The fourth-order valence-corrected chi connectivity index (χ4v) is 2.95. The highest BCUT2D eigenvalue weighted by molar-refractivity contribution is 7.09. The molecule has 2 heterocycles. The number of piperazine rings is 1. The summed E-state index contributed by atoms with van der Waals surface area (Å²) in [6.45, 7) is 10.00. The Morgan fingerprint density at radius 3 is 3.06 bits per heavy atom. The molecule has 16 heavy (non-hydrogen) atoms. The number of aromatic nitrogens is 1. The quantitative estimate of drug-likeness (QED) is 0.875. The van der Waals surface area contributed by atoms with Crippen molar-refractivity contribution in [1.29, 1.82) is 0 Å². The molecule has 4 heteroatoms. The molecule has 0 saturated carbocycles. The van der Waals surface area contributed by atoms with E-state index >= 15 is 0 Å². The van der Waals surface area contributed by atoms with Crippen LogP contribution < -0.4 is 5.32 Å². The standard InChI is InChI=1S/C12H21N3S/c1-4-11-6-15(9(2)5-13-11)7-12-10(3)14-8-16-12/h8-9,11,13H,4-7H2,1-3H3. The first-order chi connectivity index (χ1) is 7.70. The molecule has 0 aromatic carbocycles. The van der Waals surface area contributed by atoms with Gasteiger partial charge in [0.05, 0.1) is 11.2 Å². The average molecular weight is 239 g/mol. The van der Waals surface area contributed by atoms with Gasteiger partial charge in [-0.15, -0.1) is 11.3 Å². The van der Waals surface area contributed by atoms with Crippen molar-refractivity contribution in [3.63, 3.8) is 0 Å². The van der Waals surface area contributed by atoms with E-state index in [2.05, 4.69) is 36.0 Å². The zero-order chi connectivity index (χ0) is 11.5. The number of thiazole rings is 1. The molecule has 1 saturated heterocycles. The van der Waals surface area contributed by atoms with E-state index in [0.717, 1.165) is 19.6 Å². The first-order valence-corrected chi connectivity index (χ1v) is 6.95. The molecule has 0 bridgehead atoms. The number of hydrogen-bond donors (Lipinski definition) is 1. The Bertz CT molecular complexity index is 337. The van der Waals surface area contributed by atoms with Crippen molar-refractivity contribution in [2.75, 3.05) is 13.1 Å². The summed E-state index contributed by atoms with van der Waals surface area (Å²) in [5, 5.41) is 3.59. The number of rotatable bonds is 3. The van der Waals surface area contributed by atoms with Gasteiger partial charge in [-0.2, -0.15) is 0 Å². The second kappa shape index (κ2) is 5.25. The van der Waals surface area contributed by atoms with Gasteiger partial charge in [-0.05, 0) is 20.3 Å². The van der Waals surface area contributed by atoms with E-state index < -0.39 is 0 Å². The van der Waals surface area contributed by atoms with E-state index in [1.54, 1.807) is 11.3 Å². The van der Waals surface area contributed by atoms with Crippen LogP contribution in [0, 0.1) is 6.92 Å². The molecule has 0 radical (unpaired) electrons. The molecule has 2 rings (SSSR count). The summed E-state index contributed by atoms with van der Waals surface area (Å²) in [5.41, 5.74) is 3.15. The number of aryl methyl sites for hydroxylation is 1. The van der Waals surface area contributed by atoms with Crippen LogP contribution in [0.3, 0.4) is 0 Å². The number of hydrogen-bond acceptors (Lipinski definition) is 4. The number of nitrogens with one attached hydrogen (secondary N) is 1. The highest BCUT2D eigenvalue weighted by Gasteiger charge is 2.24. The van der Waals surface area contributed by atoms with Crippen molar-refractivity contribution in [3.8, 4) is 0 Å². The van der Waals surface area contributed by atoms with Crippen LogP contribution in [0.5, 0.6) is 0 Å². The lowest BCUT2D eigenvalue weighted by atomic mass is 10.1. The van der Waals surface area contributed by atoms with Crippen LogP contribution in [0.15, 0.2) is 5.51 Å². The van der Waals surface area contributed by atoms with Crippen molar-refractivity contribution in [2.24, 2.45) is 0 Å². The minimum absolute atomic E-state index is 0.629. The van der Waals surface area contributed by atoms with Gasteiger partial charge >= 0.3 is 0 Å². The first kappa shape index (κ1) is 12.0. The van der Waals surface area contributed by atoms with E-state index in [0.29, 0.717) is 12.1 Å². The molecule has 0 amide bonds. The predicted molar refractivity (Wildman–Crippen MR) is 68.8 cm³/mol. The van der Waals surface area contributed by atoms with Crippen LogP contribution in [0.1, 0.15) is 30.8 Å². The van der Waals surface area contributed by atoms with E-state index in [1.807, 2.05) is 5.51 Å². The predicted octanol–water partition coefficient (Wildman–Crippen LogP) is 2.02. The molecule has 1 aromatic heterocycles. The van der Waals surface area contributed by atoms with E-state index in [1.165, 1.54) is 17.0 Å². The lowest BCUT2D eigenvalue weighted by molar-refractivity contribution is 0.132. The van der Waals surface area contributed by atoms with E-state index in [4.69, 9.17) is 0 Å². The largest absolute Gasteiger partial charge is 0.311 e. The van der Waals surface area contributed by atoms with Crippen LogP contribution in [-0.4, -0.2) is 35.1 Å². The topological polar surface area (TPSA) is 28.2 Å². The maximum Gasteiger partial charge on any atom is 0.0798 e.